The number of Topliss-reactive ketones (excluding diaryl/α,β-unsaturated/α-hetero) is 3. The van der Waals surface area contributed by atoms with Crippen molar-refractivity contribution in [3.05, 3.63) is 130 Å². The number of allylic oxidation sites excluding steroid dienone is 7. The van der Waals surface area contributed by atoms with Crippen molar-refractivity contribution in [1.82, 2.24) is 0 Å². The molecule has 0 saturated heterocycles. The molecule has 0 spiro atoms. The monoisotopic (exact) mass is 636 g/mol. The first kappa shape index (κ1) is 31.6. The maximum atomic E-state index is 14.7. The Morgan fingerprint density at radius 1 is 0.938 bits per heavy atom. The summed E-state index contributed by atoms with van der Waals surface area (Å²) in [5.74, 6) is -2.40. The van der Waals surface area contributed by atoms with Crippen LogP contribution in [0.1, 0.15) is 78.7 Å². The van der Waals surface area contributed by atoms with E-state index in [1.54, 1.807) is 6.92 Å². The van der Waals surface area contributed by atoms with Crippen molar-refractivity contribution in [3.63, 3.8) is 0 Å². The third-order valence-corrected chi connectivity index (χ3v) is 11.5. The number of aliphatic hydroxyl groups excluding tert-OH is 1. The van der Waals surface area contributed by atoms with Crippen LogP contribution in [-0.4, -0.2) is 27.6 Å². The molecule has 0 bridgehead atoms. The van der Waals surface area contributed by atoms with E-state index >= 15 is 0 Å². The van der Waals surface area contributed by atoms with Gasteiger partial charge in [0.25, 0.3) is 0 Å². The van der Waals surface area contributed by atoms with Crippen LogP contribution in [0.4, 0.5) is 0 Å². The third-order valence-electron chi connectivity index (χ3n) is 11.5. The molecular weight excluding hydrogens is 596 g/mol. The minimum Gasteiger partial charge on any atom is -0.511 e. The molecule has 48 heavy (non-hydrogen) atoms. The number of phenolic OH excluding ortho intramolecular Hbond substituents is 1. The van der Waals surface area contributed by atoms with Crippen molar-refractivity contribution >= 4 is 34.1 Å². The van der Waals surface area contributed by atoms with Gasteiger partial charge in [0.05, 0.1) is 16.6 Å². The second kappa shape index (κ2) is 11.0. The van der Waals surface area contributed by atoms with E-state index in [9.17, 15) is 24.6 Å². The van der Waals surface area contributed by atoms with Crippen LogP contribution in [0.3, 0.4) is 0 Å². The predicted molar refractivity (Wildman–Crippen MR) is 190 cm³/mol. The molecule has 3 atom stereocenters. The molecule has 0 aromatic heterocycles. The number of carbonyl (C=O) groups is 3. The van der Waals surface area contributed by atoms with Crippen LogP contribution in [0, 0.1) is 23.2 Å². The fourth-order valence-electron chi connectivity index (χ4n) is 8.87. The number of aliphatic hydroxyl groups is 1. The smallest absolute Gasteiger partial charge is 0.196 e. The van der Waals surface area contributed by atoms with E-state index in [2.05, 4.69) is 25.8 Å². The van der Waals surface area contributed by atoms with Gasteiger partial charge in [-0.2, -0.15) is 0 Å². The first-order chi connectivity index (χ1) is 22.7. The molecule has 0 fully saturated rings. The number of benzene rings is 3. The number of carbonyl (C=O) groups excluding carboxylic acids is 3. The quantitative estimate of drug-likeness (QED) is 0.273. The molecule has 7 rings (SSSR count). The Balaban J connectivity index is 1.41. The Kier molecular flexibility index (Phi) is 7.24. The normalized spacial score (nSPS) is 23.6. The minimum absolute atomic E-state index is 0.117. The molecule has 0 unspecified atom stereocenters. The van der Waals surface area contributed by atoms with Gasteiger partial charge < -0.3 is 10.2 Å². The van der Waals surface area contributed by atoms with Crippen molar-refractivity contribution in [2.75, 3.05) is 0 Å². The highest BCUT2D eigenvalue weighted by Gasteiger charge is 2.57. The summed E-state index contributed by atoms with van der Waals surface area (Å²) >= 11 is 0. The van der Waals surface area contributed by atoms with Gasteiger partial charge in [0.2, 0.25) is 0 Å². The predicted octanol–water partition coefficient (Wildman–Crippen LogP) is 9.06. The Hall–Kier alpha value is -5.03. The van der Waals surface area contributed by atoms with E-state index < -0.39 is 17.0 Å². The number of fused-ring (bicyclic) bond motifs is 4. The van der Waals surface area contributed by atoms with Gasteiger partial charge in [-0.3, -0.25) is 14.4 Å². The highest BCUT2D eigenvalue weighted by molar-refractivity contribution is 6.24. The van der Waals surface area contributed by atoms with Gasteiger partial charge in [0, 0.05) is 11.5 Å². The summed E-state index contributed by atoms with van der Waals surface area (Å²) in [5, 5.41) is 24.0. The average Bonchev–Trinajstić information content (AvgIpc) is 3.28. The summed E-state index contributed by atoms with van der Waals surface area (Å²) < 4.78 is 0. The molecule has 2 N–H and O–H groups in total. The molecule has 242 valence electrons. The molecule has 5 nitrogen and oxygen atoms in total. The Morgan fingerprint density at radius 2 is 1.60 bits per heavy atom. The van der Waals surface area contributed by atoms with Crippen LogP contribution in [0.25, 0.3) is 27.8 Å². The molecule has 0 aliphatic heterocycles. The number of hydrogen-bond donors (Lipinski definition) is 2. The van der Waals surface area contributed by atoms with E-state index in [1.807, 2.05) is 62.4 Å². The third kappa shape index (κ3) is 4.40. The fraction of sp³-hybridized carbons (Fsp3) is 0.279. The van der Waals surface area contributed by atoms with E-state index in [0.717, 1.165) is 55.7 Å². The van der Waals surface area contributed by atoms with Gasteiger partial charge in [-0.25, -0.2) is 0 Å². The molecule has 3 aromatic rings. The summed E-state index contributed by atoms with van der Waals surface area (Å²) in [6, 6.07) is 18.0. The molecule has 4 aliphatic carbocycles. The van der Waals surface area contributed by atoms with Gasteiger partial charge in [-0.05, 0) is 127 Å². The molecule has 3 aromatic carbocycles. The van der Waals surface area contributed by atoms with Crippen LogP contribution >= 0.6 is 0 Å². The van der Waals surface area contributed by atoms with E-state index in [-0.39, 0.29) is 51.8 Å². The van der Waals surface area contributed by atoms with Crippen molar-refractivity contribution in [2.45, 2.75) is 53.4 Å². The zero-order valence-corrected chi connectivity index (χ0v) is 28.0. The lowest BCUT2D eigenvalue weighted by atomic mass is 9.54. The van der Waals surface area contributed by atoms with Crippen LogP contribution in [0.2, 0.25) is 0 Å². The molecule has 0 radical (unpaired) electrons. The van der Waals surface area contributed by atoms with Gasteiger partial charge in [0.1, 0.15) is 11.5 Å². The fourth-order valence-corrected chi connectivity index (χ4v) is 8.87. The number of phenols is 1. The van der Waals surface area contributed by atoms with Crippen molar-refractivity contribution < 1.29 is 24.6 Å². The SMILES string of the molecule is C=C(C)c1cccc(-c2cc(CC3C(=C)c4ccccc4C3=C)c(O)c3c2C[C@@H]2C[C@@H]4CC(C)=C(C(C)=O)C(=O)[C@]4(C)C(O)=C2C3=O)c1. The second-order valence-electron chi connectivity index (χ2n) is 14.4. The lowest BCUT2D eigenvalue weighted by Gasteiger charge is -2.47. The maximum Gasteiger partial charge on any atom is 0.196 e. The summed E-state index contributed by atoms with van der Waals surface area (Å²) in [6.07, 6.45) is 1.79. The van der Waals surface area contributed by atoms with E-state index in [1.165, 1.54) is 6.92 Å². The molecular formula is C43H40O5. The highest BCUT2D eigenvalue weighted by atomic mass is 16.3. The van der Waals surface area contributed by atoms with Crippen molar-refractivity contribution in [1.29, 1.82) is 0 Å². The van der Waals surface area contributed by atoms with Crippen molar-refractivity contribution in [3.8, 4) is 16.9 Å². The topological polar surface area (TPSA) is 91.7 Å². The lowest BCUT2D eigenvalue weighted by molar-refractivity contribution is -0.130. The number of hydrogen-bond acceptors (Lipinski definition) is 5. The highest BCUT2D eigenvalue weighted by Crippen LogP contribution is 2.57. The summed E-state index contributed by atoms with van der Waals surface area (Å²) in [4.78, 5) is 41.2. The molecule has 0 amide bonds. The minimum atomic E-state index is -1.39. The molecule has 0 heterocycles. The van der Waals surface area contributed by atoms with Gasteiger partial charge in [-0.1, -0.05) is 73.3 Å². The zero-order valence-electron chi connectivity index (χ0n) is 28.0. The van der Waals surface area contributed by atoms with Crippen molar-refractivity contribution in [2.24, 2.45) is 23.2 Å². The van der Waals surface area contributed by atoms with Gasteiger partial charge >= 0.3 is 0 Å². The van der Waals surface area contributed by atoms with Crippen LogP contribution in [0.5, 0.6) is 5.75 Å². The maximum absolute atomic E-state index is 14.7. The zero-order chi connectivity index (χ0) is 34.4. The number of aromatic hydroxyl groups is 1. The van der Waals surface area contributed by atoms with Gasteiger partial charge in [-0.15, -0.1) is 0 Å². The average molecular weight is 637 g/mol. The Labute approximate surface area is 281 Å². The standard InChI is InChI=1S/C43H40O5/c1-21(2)26-11-10-12-27(16-26)34-20-29(19-33-23(4)31-13-8-9-14-32(31)24(33)5)39(45)38-35(34)18-28-17-30-15-22(3)36(25(6)44)41(47)43(30,7)42(48)37(28)40(38)46/h8-14,16,20,28,30,33,45,48H,1,4-5,15,17-19H2,2-3,6-7H3/t28-,30-,43+/m0/s1. The number of rotatable bonds is 5. The van der Waals surface area contributed by atoms with Crippen LogP contribution < -0.4 is 0 Å². The Morgan fingerprint density at radius 3 is 2.23 bits per heavy atom. The summed E-state index contributed by atoms with van der Waals surface area (Å²) in [5.41, 5.74) is 8.64. The first-order valence-electron chi connectivity index (χ1n) is 16.6. The largest absolute Gasteiger partial charge is 0.511 e. The van der Waals surface area contributed by atoms with E-state index in [4.69, 9.17) is 0 Å². The van der Waals surface area contributed by atoms with Crippen LogP contribution in [-0.2, 0) is 22.4 Å². The number of ketones is 3. The molecule has 4 aliphatic rings. The second-order valence-corrected chi connectivity index (χ2v) is 14.4. The first-order valence-corrected chi connectivity index (χ1v) is 16.6. The summed E-state index contributed by atoms with van der Waals surface area (Å²) in [6.45, 7) is 19.7. The van der Waals surface area contributed by atoms with Crippen LogP contribution in [0.15, 0.2) is 96.8 Å². The molecule has 0 saturated carbocycles. The lowest BCUT2D eigenvalue weighted by Crippen LogP contribution is -2.49. The molecule has 5 heteroatoms. The van der Waals surface area contributed by atoms with Gasteiger partial charge in [0.15, 0.2) is 17.3 Å². The Bertz CT molecular complexity index is 2080. The van der Waals surface area contributed by atoms with E-state index in [0.29, 0.717) is 31.2 Å². The summed E-state index contributed by atoms with van der Waals surface area (Å²) in [7, 11) is 0.